The number of ether oxygens (including phenoxy) is 1. The normalized spacial score (nSPS) is 16.8. The molecule has 1 atom stereocenters. The Balaban J connectivity index is 1.53. The van der Waals surface area contributed by atoms with Crippen molar-refractivity contribution in [3.05, 3.63) is 53.3 Å². The highest BCUT2D eigenvalue weighted by Crippen LogP contribution is 2.31. The van der Waals surface area contributed by atoms with Gasteiger partial charge in [-0.05, 0) is 24.3 Å². The van der Waals surface area contributed by atoms with E-state index in [0.29, 0.717) is 17.4 Å². The number of aliphatic imine (C=N–C) groups is 1. The van der Waals surface area contributed by atoms with E-state index >= 15 is 0 Å². The minimum atomic E-state index is -0.894. The minimum absolute atomic E-state index is 0.452. The second-order valence-corrected chi connectivity index (χ2v) is 7.44. The summed E-state index contributed by atoms with van der Waals surface area (Å²) in [6.07, 6.45) is 3.50. The number of aromatic nitrogens is 2. The molecule has 6 nitrogen and oxygen atoms in total. The van der Waals surface area contributed by atoms with Crippen LogP contribution >= 0.6 is 23.1 Å². The van der Waals surface area contributed by atoms with Crippen molar-refractivity contribution in [3.8, 4) is 5.75 Å². The molecule has 4 rings (SSSR count). The van der Waals surface area contributed by atoms with Crippen LogP contribution < -0.4 is 4.74 Å². The van der Waals surface area contributed by atoms with Gasteiger partial charge >= 0.3 is 5.97 Å². The molecule has 0 saturated heterocycles. The summed E-state index contributed by atoms with van der Waals surface area (Å²) in [6, 6.07) is 8.90. The van der Waals surface area contributed by atoms with Crippen LogP contribution in [0.5, 0.6) is 5.75 Å². The molecule has 2 aromatic heterocycles. The first-order chi connectivity index (χ1) is 12.2. The maximum atomic E-state index is 11.0. The number of nitrogens with zero attached hydrogens (tertiary/aromatic N) is 3. The quantitative estimate of drug-likeness (QED) is 0.741. The van der Waals surface area contributed by atoms with Gasteiger partial charge in [-0.1, -0.05) is 6.07 Å². The van der Waals surface area contributed by atoms with Crippen LogP contribution in [0.15, 0.2) is 47.7 Å². The van der Waals surface area contributed by atoms with E-state index < -0.39 is 12.0 Å². The van der Waals surface area contributed by atoms with Crippen molar-refractivity contribution < 1.29 is 14.6 Å². The van der Waals surface area contributed by atoms with Crippen LogP contribution in [0.1, 0.15) is 10.6 Å². The number of hydrogen-bond acceptors (Lipinski definition) is 7. The molecule has 1 unspecified atom stereocenters. The van der Waals surface area contributed by atoms with E-state index in [1.165, 1.54) is 23.1 Å². The Bertz CT molecular complexity index is 956. The number of carboxylic acid groups (broad SMARTS) is 1. The molecule has 126 valence electrons. The maximum Gasteiger partial charge on any atom is 0.329 e. The van der Waals surface area contributed by atoms with E-state index in [1.54, 1.807) is 12.4 Å². The van der Waals surface area contributed by atoms with Gasteiger partial charge in [-0.2, -0.15) is 0 Å². The third-order valence-corrected chi connectivity index (χ3v) is 5.82. The van der Waals surface area contributed by atoms with E-state index in [0.717, 1.165) is 26.5 Å². The summed E-state index contributed by atoms with van der Waals surface area (Å²) in [5.41, 5.74) is 1.86. The molecule has 0 aliphatic carbocycles. The molecule has 8 heteroatoms. The average molecular weight is 371 g/mol. The lowest BCUT2D eigenvalue weighted by atomic mass is 10.3. The van der Waals surface area contributed by atoms with E-state index in [2.05, 4.69) is 15.0 Å². The molecule has 0 spiro atoms. The van der Waals surface area contributed by atoms with Gasteiger partial charge in [0.1, 0.15) is 22.4 Å². The van der Waals surface area contributed by atoms with E-state index in [9.17, 15) is 4.79 Å². The Kier molecular flexibility index (Phi) is 4.37. The van der Waals surface area contributed by atoms with Crippen molar-refractivity contribution in [1.82, 2.24) is 9.97 Å². The van der Waals surface area contributed by atoms with Gasteiger partial charge in [0, 0.05) is 23.7 Å². The molecule has 0 saturated carbocycles. The molecule has 3 aromatic rings. The number of carbonyl (C=O) groups is 1. The van der Waals surface area contributed by atoms with Crippen molar-refractivity contribution in [2.75, 3.05) is 5.75 Å². The van der Waals surface area contributed by atoms with Crippen LogP contribution in [0.3, 0.4) is 0 Å². The van der Waals surface area contributed by atoms with Crippen LogP contribution in [-0.4, -0.2) is 37.9 Å². The molecule has 25 heavy (non-hydrogen) atoms. The zero-order valence-corrected chi connectivity index (χ0v) is 14.6. The van der Waals surface area contributed by atoms with Gasteiger partial charge in [-0.15, -0.1) is 23.1 Å². The summed E-state index contributed by atoms with van der Waals surface area (Å²) in [7, 11) is 0. The first-order valence-electron chi connectivity index (χ1n) is 7.55. The molecule has 1 aromatic carbocycles. The largest absolute Gasteiger partial charge is 0.489 e. The SMILES string of the molecule is O=C(O)C1CSC(c2nc3ccc(OCc4cccnc4)cc3s2)=N1. The number of thioether (sulfide) groups is 1. The molecular formula is C17H13N3O3S2. The van der Waals surface area contributed by atoms with Crippen LogP contribution in [0, 0.1) is 0 Å². The molecule has 1 aliphatic heterocycles. The maximum absolute atomic E-state index is 11.0. The topological polar surface area (TPSA) is 84.7 Å². The number of hydrogen-bond donors (Lipinski definition) is 1. The van der Waals surface area contributed by atoms with Gasteiger partial charge in [0.05, 0.1) is 10.2 Å². The van der Waals surface area contributed by atoms with Gasteiger partial charge in [-0.25, -0.2) is 9.78 Å². The molecule has 3 heterocycles. The Morgan fingerprint density at radius 1 is 1.36 bits per heavy atom. The molecule has 0 fully saturated rings. The van der Waals surface area contributed by atoms with Gasteiger partial charge in [0.25, 0.3) is 0 Å². The fourth-order valence-electron chi connectivity index (χ4n) is 2.35. The van der Waals surface area contributed by atoms with E-state index in [4.69, 9.17) is 9.84 Å². The lowest BCUT2D eigenvalue weighted by Gasteiger charge is -2.05. The van der Waals surface area contributed by atoms with Gasteiger partial charge in [0.15, 0.2) is 6.04 Å². The highest BCUT2D eigenvalue weighted by molar-refractivity contribution is 8.15. The second kappa shape index (κ2) is 6.81. The van der Waals surface area contributed by atoms with Crippen molar-refractivity contribution >= 4 is 44.3 Å². The summed E-state index contributed by atoms with van der Waals surface area (Å²) in [6.45, 7) is 0.452. The smallest absolute Gasteiger partial charge is 0.329 e. The summed E-state index contributed by atoms with van der Waals surface area (Å²) in [5, 5.41) is 10.5. The molecular weight excluding hydrogens is 358 g/mol. The molecule has 0 bridgehead atoms. The van der Waals surface area contributed by atoms with E-state index in [-0.39, 0.29) is 0 Å². The predicted octanol–water partition coefficient (Wildman–Crippen LogP) is 3.22. The standard InChI is InChI=1S/C17H13N3O3S2/c21-17(22)13-9-24-15(20-13)16-19-12-4-3-11(6-14(12)25-16)23-8-10-2-1-5-18-7-10/h1-7,13H,8-9H2,(H,21,22). The van der Waals surface area contributed by atoms with Gasteiger partial charge in [0.2, 0.25) is 0 Å². The Hall–Kier alpha value is -2.45. The zero-order chi connectivity index (χ0) is 17.2. The lowest BCUT2D eigenvalue weighted by molar-refractivity contribution is -0.137. The predicted molar refractivity (Wildman–Crippen MR) is 98.6 cm³/mol. The van der Waals surface area contributed by atoms with Gasteiger partial charge in [-0.3, -0.25) is 9.98 Å². The van der Waals surface area contributed by atoms with Crippen molar-refractivity contribution in [2.45, 2.75) is 12.6 Å². The van der Waals surface area contributed by atoms with Crippen LogP contribution in [0.25, 0.3) is 10.2 Å². The molecule has 1 aliphatic rings. The average Bonchev–Trinajstić information content (AvgIpc) is 3.27. The number of pyridine rings is 1. The van der Waals surface area contributed by atoms with Gasteiger partial charge < -0.3 is 9.84 Å². The Morgan fingerprint density at radius 2 is 2.28 bits per heavy atom. The monoisotopic (exact) mass is 371 g/mol. The molecule has 0 radical (unpaired) electrons. The van der Waals surface area contributed by atoms with Crippen molar-refractivity contribution in [1.29, 1.82) is 0 Å². The third-order valence-electron chi connectivity index (χ3n) is 3.61. The molecule has 0 amide bonds. The number of benzene rings is 1. The Morgan fingerprint density at radius 3 is 3.04 bits per heavy atom. The van der Waals surface area contributed by atoms with E-state index in [1.807, 2.05) is 30.3 Å². The number of thiazole rings is 1. The minimum Gasteiger partial charge on any atom is -0.489 e. The van der Waals surface area contributed by atoms with Crippen LogP contribution in [-0.2, 0) is 11.4 Å². The summed E-state index contributed by atoms with van der Waals surface area (Å²) >= 11 is 2.93. The highest BCUT2D eigenvalue weighted by Gasteiger charge is 2.26. The molecule has 1 N–H and O–H groups in total. The summed E-state index contributed by atoms with van der Waals surface area (Å²) in [5.74, 6) is 0.325. The first kappa shape index (κ1) is 16.0. The number of carboxylic acids is 1. The second-order valence-electron chi connectivity index (χ2n) is 5.40. The summed E-state index contributed by atoms with van der Waals surface area (Å²) in [4.78, 5) is 23.9. The fraction of sp³-hybridized carbons (Fsp3) is 0.176. The Labute approximate surface area is 151 Å². The van der Waals surface area contributed by atoms with Crippen LogP contribution in [0.4, 0.5) is 0 Å². The number of fused-ring (bicyclic) bond motifs is 1. The fourth-order valence-corrected chi connectivity index (χ4v) is 4.44. The van der Waals surface area contributed by atoms with Crippen LogP contribution in [0.2, 0.25) is 0 Å². The zero-order valence-electron chi connectivity index (χ0n) is 13.0. The third kappa shape index (κ3) is 3.49. The lowest BCUT2D eigenvalue weighted by Crippen LogP contribution is -2.17. The summed E-state index contributed by atoms with van der Waals surface area (Å²) < 4.78 is 6.80. The highest BCUT2D eigenvalue weighted by atomic mass is 32.2. The van der Waals surface area contributed by atoms with Crippen molar-refractivity contribution in [2.24, 2.45) is 4.99 Å². The number of rotatable bonds is 5. The van der Waals surface area contributed by atoms with Crippen molar-refractivity contribution in [3.63, 3.8) is 0 Å². The first-order valence-corrected chi connectivity index (χ1v) is 9.35. The number of aliphatic carboxylic acids is 1.